The number of carbonyl (C=O) groups is 1. The van der Waals surface area contributed by atoms with Crippen molar-refractivity contribution >= 4 is 28.4 Å². The Morgan fingerprint density at radius 3 is 2.79 bits per heavy atom. The minimum atomic E-state index is -0.515. The molecular weight excluding hydrogens is 373 g/mol. The fourth-order valence-corrected chi connectivity index (χ4v) is 3.16. The number of benzene rings is 2. The lowest BCUT2D eigenvalue weighted by molar-refractivity contribution is 0.100. The van der Waals surface area contributed by atoms with E-state index in [0.29, 0.717) is 34.3 Å². The van der Waals surface area contributed by atoms with E-state index in [-0.39, 0.29) is 5.82 Å². The summed E-state index contributed by atoms with van der Waals surface area (Å²) in [4.78, 5) is 20.6. The maximum absolute atomic E-state index is 13.8. The van der Waals surface area contributed by atoms with Crippen LogP contribution in [0.1, 0.15) is 15.9 Å². The van der Waals surface area contributed by atoms with Crippen LogP contribution in [0, 0.1) is 12.7 Å². The number of nitrogens with two attached hydrogens (primary N) is 1. The molecule has 0 bridgehead atoms. The molecule has 3 N–H and O–H groups in total. The monoisotopic (exact) mass is 391 g/mol. The predicted octanol–water partition coefficient (Wildman–Crippen LogP) is 3.72. The highest BCUT2D eigenvalue weighted by molar-refractivity contribution is 6.06. The highest BCUT2D eigenvalue weighted by Crippen LogP contribution is 2.30. The van der Waals surface area contributed by atoms with Crippen LogP contribution in [0.4, 0.5) is 16.0 Å². The molecule has 0 saturated carbocycles. The van der Waals surface area contributed by atoms with E-state index in [1.807, 2.05) is 24.3 Å². The predicted molar refractivity (Wildman–Crippen MR) is 108 cm³/mol. The first kappa shape index (κ1) is 18.4. The van der Waals surface area contributed by atoms with Crippen LogP contribution in [0.25, 0.3) is 16.7 Å². The van der Waals surface area contributed by atoms with Crippen molar-refractivity contribution in [2.24, 2.45) is 5.73 Å². The van der Waals surface area contributed by atoms with Crippen LogP contribution in [0.2, 0.25) is 0 Å². The maximum atomic E-state index is 13.8. The highest BCUT2D eigenvalue weighted by Gasteiger charge is 2.15. The third kappa shape index (κ3) is 3.36. The molecule has 0 atom stereocenters. The van der Waals surface area contributed by atoms with E-state index in [4.69, 9.17) is 10.5 Å². The first-order chi connectivity index (χ1) is 14.0. The Balaban J connectivity index is 1.77. The van der Waals surface area contributed by atoms with Gasteiger partial charge < -0.3 is 20.4 Å². The van der Waals surface area contributed by atoms with E-state index in [1.54, 1.807) is 36.0 Å². The molecule has 0 aliphatic rings. The summed E-state index contributed by atoms with van der Waals surface area (Å²) in [6, 6.07) is 12.1. The van der Waals surface area contributed by atoms with Crippen molar-refractivity contribution in [3.63, 3.8) is 0 Å². The normalized spacial score (nSPS) is 10.9. The average Bonchev–Trinajstić information content (AvgIpc) is 3.11. The van der Waals surface area contributed by atoms with Gasteiger partial charge in [-0.25, -0.2) is 9.37 Å². The van der Waals surface area contributed by atoms with Crippen LogP contribution < -0.4 is 15.8 Å². The molecule has 2 aromatic heterocycles. The molecule has 0 fully saturated rings. The van der Waals surface area contributed by atoms with Crippen LogP contribution in [-0.4, -0.2) is 27.6 Å². The van der Waals surface area contributed by atoms with E-state index < -0.39 is 5.91 Å². The van der Waals surface area contributed by atoms with E-state index in [9.17, 15) is 9.18 Å². The Morgan fingerprint density at radius 2 is 2.03 bits per heavy atom. The van der Waals surface area contributed by atoms with Gasteiger partial charge in [0.05, 0.1) is 23.9 Å². The van der Waals surface area contributed by atoms with Gasteiger partial charge >= 0.3 is 0 Å². The van der Waals surface area contributed by atoms with Gasteiger partial charge in [-0.15, -0.1) is 0 Å². The van der Waals surface area contributed by atoms with Gasteiger partial charge in [0, 0.05) is 23.8 Å². The van der Waals surface area contributed by atoms with Gasteiger partial charge in [-0.2, -0.15) is 4.98 Å². The fraction of sp³-hybridized carbons (Fsp3) is 0.0952. The highest BCUT2D eigenvalue weighted by atomic mass is 19.1. The molecule has 0 radical (unpaired) electrons. The van der Waals surface area contributed by atoms with Crippen LogP contribution in [0.5, 0.6) is 5.75 Å². The second-order valence-corrected chi connectivity index (χ2v) is 6.46. The molecule has 2 aromatic carbocycles. The van der Waals surface area contributed by atoms with E-state index in [2.05, 4.69) is 15.3 Å². The summed E-state index contributed by atoms with van der Waals surface area (Å²) >= 11 is 0. The number of rotatable bonds is 5. The van der Waals surface area contributed by atoms with Crippen molar-refractivity contribution in [3.05, 3.63) is 71.8 Å². The van der Waals surface area contributed by atoms with Crippen molar-refractivity contribution < 1.29 is 13.9 Å². The second-order valence-electron chi connectivity index (χ2n) is 6.46. The molecule has 0 unspecified atom stereocenters. The number of halogens is 1. The van der Waals surface area contributed by atoms with E-state index in [1.165, 1.54) is 13.2 Å². The molecule has 7 nitrogen and oxygen atoms in total. The Kier molecular flexibility index (Phi) is 4.59. The Bertz CT molecular complexity index is 1240. The van der Waals surface area contributed by atoms with Gasteiger partial charge in [-0.05, 0) is 30.7 Å². The molecule has 8 heteroatoms. The van der Waals surface area contributed by atoms with Gasteiger partial charge in [0.1, 0.15) is 17.4 Å². The summed E-state index contributed by atoms with van der Waals surface area (Å²) < 4.78 is 20.8. The first-order valence-electron chi connectivity index (χ1n) is 8.82. The number of fused-ring (bicyclic) bond motifs is 1. The fourth-order valence-electron chi connectivity index (χ4n) is 3.16. The molecule has 4 rings (SSSR count). The van der Waals surface area contributed by atoms with Crippen molar-refractivity contribution in [2.45, 2.75) is 6.92 Å². The molecule has 0 aliphatic heterocycles. The minimum Gasteiger partial charge on any atom is -0.494 e. The summed E-state index contributed by atoms with van der Waals surface area (Å²) in [6.07, 6.45) is 3.24. The summed E-state index contributed by atoms with van der Waals surface area (Å²) in [5, 5.41) is 3.80. The third-order valence-corrected chi connectivity index (χ3v) is 4.59. The Morgan fingerprint density at radius 1 is 1.24 bits per heavy atom. The van der Waals surface area contributed by atoms with Crippen LogP contribution in [0.15, 0.2) is 54.9 Å². The molecule has 146 valence electrons. The molecule has 29 heavy (non-hydrogen) atoms. The number of aryl methyl sites for hydroxylation is 1. The van der Waals surface area contributed by atoms with Gasteiger partial charge in [0.25, 0.3) is 5.91 Å². The number of nitrogens with zero attached hydrogens (tertiary/aromatic N) is 3. The summed E-state index contributed by atoms with van der Waals surface area (Å²) in [7, 11) is 1.46. The maximum Gasteiger partial charge on any atom is 0.250 e. The number of ether oxygens (including phenoxy) is 1. The second kappa shape index (κ2) is 7.23. The smallest absolute Gasteiger partial charge is 0.250 e. The summed E-state index contributed by atoms with van der Waals surface area (Å²) in [5.74, 6) is 0.303. The number of hydrogen-bond acceptors (Lipinski definition) is 5. The molecule has 4 aromatic rings. The largest absolute Gasteiger partial charge is 0.494 e. The van der Waals surface area contributed by atoms with Crippen molar-refractivity contribution in [1.82, 2.24) is 14.5 Å². The van der Waals surface area contributed by atoms with Crippen LogP contribution >= 0.6 is 0 Å². The van der Waals surface area contributed by atoms with Crippen LogP contribution in [-0.2, 0) is 0 Å². The summed E-state index contributed by atoms with van der Waals surface area (Å²) in [6.45, 7) is 1.66. The standard InChI is InChI=1S/C21H18FN5O2/c1-12-9-16(18(29-2)10-15(12)22)25-21-24-8-7-19(26-21)27-11-14(20(23)28)13-5-3-4-6-17(13)27/h3-11H,1-2H3,(H2,23,28)(H,24,25,26). The molecule has 1 amide bonds. The quantitative estimate of drug-likeness (QED) is 0.541. The minimum absolute atomic E-state index is 0.296. The number of nitrogens with one attached hydrogen (secondary N) is 1. The van der Waals surface area contributed by atoms with Gasteiger partial charge in [0.2, 0.25) is 5.95 Å². The van der Waals surface area contributed by atoms with Crippen molar-refractivity contribution in [2.75, 3.05) is 12.4 Å². The average molecular weight is 391 g/mol. The summed E-state index contributed by atoms with van der Waals surface area (Å²) in [5.41, 5.74) is 7.72. The molecule has 0 spiro atoms. The topological polar surface area (TPSA) is 95.1 Å². The number of amides is 1. The lowest BCUT2D eigenvalue weighted by Gasteiger charge is -2.12. The van der Waals surface area contributed by atoms with Gasteiger partial charge in [-0.3, -0.25) is 4.79 Å². The number of aromatic nitrogens is 3. The molecule has 2 heterocycles. The van der Waals surface area contributed by atoms with Crippen molar-refractivity contribution in [1.29, 1.82) is 0 Å². The number of hydrogen-bond donors (Lipinski definition) is 2. The number of methoxy groups -OCH3 is 1. The zero-order chi connectivity index (χ0) is 20.5. The zero-order valence-electron chi connectivity index (χ0n) is 15.8. The SMILES string of the molecule is COc1cc(F)c(C)cc1Nc1nccc(-n2cc(C(N)=O)c3ccccc32)n1. The first-order valence-corrected chi connectivity index (χ1v) is 8.82. The number of anilines is 2. The number of primary amides is 1. The van der Waals surface area contributed by atoms with Gasteiger partial charge in [0.15, 0.2) is 0 Å². The van der Waals surface area contributed by atoms with Gasteiger partial charge in [-0.1, -0.05) is 18.2 Å². The molecule has 0 saturated heterocycles. The zero-order valence-corrected chi connectivity index (χ0v) is 15.8. The number of carbonyl (C=O) groups excluding carboxylic acids is 1. The molecule has 0 aliphatic carbocycles. The molecular formula is C21H18FN5O2. The number of para-hydroxylation sites is 1. The van der Waals surface area contributed by atoms with E-state index in [0.717, 1.165) is 10.9 Å². The Hall–Kier alpha value is -3.94. The third-order valence-electron chi connectivity index (χ3n) is 4.59. The van der Waals surface area contributed by atoms with Crippen molar-refractivity contribution in [3.8, 4) is 11.6 Å². The van der Waals surface area contributed by atoms with E-state index >= 15 is 0 Å². The lowest BCUT2D eigenvalue weighted by atomic mass is 10.2. The lowest BCUT2D eigenvalue weighted by Crippen LogP contribution is -2.10. The van der Waals surface area contributed by atoms with Crippen LogP contribution in [0.3, 0.4) is 0 Å². The Labute approximate surface area is 166 Å².